The Morgan fingerprint density at radius 1 is 1.35 bits per heavy atom. The maximum Gasteiger partial charge on any atom is 0.278 e. The van der Waals surface area contributed by atoms with Gasteiger partial charge in [0.05, 0.1) is 5.52 Å². The molecule has 0 radical (unpaired) electrons. The van der Waals surface area contributed by atoms with Crippen LogP contribution in [0.4, 0.5) is 0 Å². The molecule has 1 aromatic carbocycles. The predicted molar refractivity (Wildman–Crippen MR) is 62.7 cm³/mol. The van der Waals surface area contributed by atoms with Crippen LogP contribution in [-0.2, 0) is 7.05 Å². The van der Waals surface area contributed by atoms with Crippen molar-refractivity contribution in [1.82, 2.24) is 19.6 Å². The molecule has 0 aliphatic rings. The second-order valence-electron chi connectivity index (χ2n) is 3.83. The Labute approximate surface area is 97.3 Å². The van der Waals surface area contributed by atoms with Gasteiger partial charge in [-0.25, -0.2) is 4.68 Å². The van der Waals surface area contributed by atoms with Crippen molar-refractivity contribution in [2.24, 2.45) is 7.05 Å². The molecule has 0 saturated heterocycles. The molecular formula is C12H10N4O. The number of benzene rings is 1. The maximum atomic E-state index is 12.0. The van der Waals surface area contributed by atoms with Gasteiger partial charge in [0.2, 0.25) is 0 Å². The van der Waals surface area contributed by atoms with Crippen molar-refractivity contribution in [1.29, 1.82) is 0 Å². The Bertz CT molecular complexity index is 682. The highest BCUT2D eigenvalue weighted by Gasteiger charge is 2.09. The van der Waals surface area contributed by atoms with Gasteiger partial charge in [-0.15, -0.1) is 0 Å². The molecule has 0 unspecified atom stereocenters. The van der Waals surface area contributed by atoms with Crippen LogP contribution in [0.15, 0.2) is 42.9 Å². The quantitative estimate of drug-likeness (QED) is 0.631. The highest BCUT2D eigenvalue weighted by molar-refractivity contribution is 5.98. The first-order chi connectivity index (χ1) is 8.24. The van der Waals surface area contributed by atoms with Gasteiger partial charge in [0.25, 0.3) is 5.91 Å². The number of hydrogen-bond donors (Lipinski definition) is 0. The van der Waals surface area contributed by atoms with E-state index in [2.05, 4.69) is 10.2 Å². The van der Waals surface area contributed by atoms with Gasteiger partial charge in [-0.05, 0) is 18.2 Å². The van der Waals surface area contributed by atoms with Gasteiger partial charge in [0.1, 0.15) is 0 Å². The zero-order valence-electron chi connectivity index (χ0n) is 9.24. The molecule has 0 saturated carbocycles. The minimum Gasteiger partial charge on any atom is -0.275 e. The number of carbonyl (C=O) groups is 1. The van der Waals surface area contributed by atoms with Crippen molar-refractivity contribution >= 4 is 16.8 Å². The van der Waals surface area contributed by atoms with Crippen LogP contribution < -0.4 is 0 Å². The van der Waals surface area contributed by atoms with Crippen LogP contribution >= 0.6 is 0 Å². The molecule has 0 fully saturated rings. The smallest absolute Gasteiger partial charge is 0.275 e. The Hall–Kier alpha value is -2.43. The third-order valence-electron chi connectivity index (χ3n) is 2.58. The normalized spacial score (nSPS) is 10.9. The van der Waals surface area contributed by atoms with Gasteiger partial charge in [0.15, 0.2) is 0 Å². The van der Waals surface area contributed by atoms with Crippen LogP contribution in [-0.4, -0.2) is 25.5 Å². The highest BCUT2D eigenvalue weighted by atomic mass is 16.2. The molecule has 17 heavy (non-hydrogen) atoms. The van der Waals surface area contributed by atoms with Gasteiger partial charge in [-0.1, -0.05) is 6.07 Å². The first-order valence-electron chi connectivity index (χ1n) is 5.22. The zero-order valence-corrected chi connectivity index (χ0v) is 9.24. The van der Waals surface area contributed by atoms with Crippen LogP contribution in [0.2, 0.25) is 0 Å². The zero-order chi connectivity index (χ0) is 11.8. The standard InChI is InChI=1S/C12H10N4O/c1-15-8-10-4-3-9(7-11(10)14-15)12(17)16-6-2-5-13-16/h2-8H,1H3. The van der Waals surface area contributed by atoms with Gasteiger partial charge < -0.3 is 0 Å². The lowest BCUT2D eigenvalue weighted by Gasteiger charge is -1.99. The van der Waals surface area contributed by atoms with E-state index in [4.69, 9.17) is 0 Å². The number of rotatable bonds is 1. The average molecular weight is 226 g/mol. The summed E-state index contributed by atoms with van der Waals surface area (Å²) in [5.41, 5.74) is 1.39. The monoisotopic (exact) mass is 226 g/mol. The maximum absolute atomic E-state index is 12.0. The molecular weight excluding hydrogens is 216 g/mol. The number of hydrogen-bond acceptors (Lipinski definition) is 3. The molecule has 0 N–H and O–H groups in total. The fourth-order valence-electron chi connectivity index (χ4n) is 1.79. The lowest BCUT2D eigenvalue weighted by atomic mass is 10.1. The lowest BCUT2D eigenvalue weighted by molar-refractivity contribution is 0.0945. The molecule has 5 nitrogen and oxygen atoms in total. The predicted octanol–water partition coefficient (Wildman–Crippen LogP) is 1.46. The van der Waals surface area contributed by atoms with Crippen molar-refractivity contribution in [2.75, 3.05) is 0 Å². The average Bonchev–Trinajstić information content (AvgIpc) is 2.94. The van der Waals surface area contributed by atoms with E-state index in [1.807, 2.05) is 19.3 Å². The minimum atomic E-state index is -0.150. The second kappa shape index (κ2) is 3.55. The van der Waals surface area contributed by atoms with Crippen LogP contribution in [0.3, 0.4) is 0 Å². The molecule has 2 heterocycles. The van der Waals surface area contributed by atoms with Crippen molar-refractivity contribution in [2.45, 2.75) is 0 Å². The van der Waals surface area contributed by atoms with E-state index in [1.54, 1.807) is 35.3 Å². The Morgan fingerprint density at radius 3 is 3.00 bits per heavy atom. The summed E-state index contributed by atoms with van der Waals surface area (Å²) in [5.74, 6) is -0.150. The molecule has 0 aliphatic carbocycles. The van der Waals surface area contributed by atoms with Crippen molar-refractivity contribution in [3.05, 3.63) is 48.4 Å². The van der Waals surface area contributed by atoms with Crippen LogP contribution in [0.5, 0.6) is 0 Å². The highest BCUT2D eigenvalue weighted by Crippen LogP contribution is 2.14. The van der Waals surface area contributed by atoms with Crippen LogP contribution in [0.25, 0.3) is 10.9 Å². The molecule has 0 aliphatic heterocycles. The van der Waals surface area contributed by atoms with E-state index >= 15 is 0 Å². The molecule has 3 aromatic rings. The SMILES string of the molecule is Cn1cc2ccc(C(=O)n3cccn3)cc2n1. The lowest BCUT2D eigenvalue weighted by Crippen LogP contribution is -2.12. The van der Waals surface area contributed by atoms with Gasteiger partial charge >= 0.3 is 0 Å². The summed E-state index contributed by atoms with van der Waals surface area (Å²) < 4.78 is 3.04. The van der Waals surface area contributed by atoms with Crippen LogP contribution in [0.1, 0.15) is 10.4 Å². The molecule has 0 spiro atoms. The summed E-state index contributed by atoms with van der Waals surface area (Å²) in [6, 6.07) is 7.17. The van der Waals surface area contributed by atoms with E-state index in [9.17, 15) is 4.79 Å². The molecule has 84 valence electrons. The molecule has 3 rings (SSSR count). The Morgan fingerprint density at radius 2 is 2.24 bits per heavy atom. The van der Waals surface area contributed by atoms with E-state index in [0.717, 1.165) is 10.9 Å². The number of fused-ring (bicyclic) bond motifs is 1. The third-order valence-corrected chi connectivity index (χ3v) is 2.58. The molecule has 2 aromatic heterocycles. The van der Waals surface area contributed by atoms with Gasteiger partial charge in [0, 0.05) is 36.6 Å². The van der Waals surface area contributed by atoms with Crippen LogP contribution in [0, 0.1) is 0 Å². The summed E-state index contributed by atoms with van der Waals surface area (Å²) in [7, 11) is 1.86. The summed E-state index contributed by atoms with van der Waals surface area (Å²) in [6.07, 6.45) is 5.12. The second-order valence-corrected chi connectivity index (χ2v) is 3.83. The summed E-state index contributed by atoms with van der Waals surface area (Å²) in [6.45, 7) is 0. The molecule has 0 bridgehead atoms. The molecule has 5 heteroatoms. The summed E-state index contributed by atoms with van der Waals surface area (Å²) >= 11 is 0. The first-order valence-corrected chi connectivity index (χ1v) is 5.22. The molecule has 0 atom stereocenters. The number of aromatic nitrogens is 4. The number of aryl methyl sites for hydroxylation is 1. The van der Waals surface area contributed by atoms with Gasteiger partial charge in [-0.2, -0.15) is 10.2 Å². The van der Waals surface area contributed by atoms with Crippen molar-refractivity contribution in [3.63, 3.8) is 0 Å². The van der Waals surface area contributed by atoms with E-state index in [0.29, 0.717) is 5.56 Å². The van der Waals surface area contributed by atoms with Crippen molar-refractivity contribution in [3.8, 4) is 0 Å². The van der Waals surface area contributed by atoms with Crippen molar-refractivity contribution < 1.29 is 4.79 Å². The topological polar surface area (TPSA) is 52.7 Å². The largest absolute Gasteiger partial charge is 0.278 e. The fourth-order valence-corrected chi connectivity index (χ4v) is 1.79. The van der Waals surface area contributed by atoms with Gasteiger partial charge in [-0.3, -0.25) is 9.48 Å². The summed E-state index contributed by atoms with van der Waals surface area (Å²) in [4.78, 5) is 12.0. The molecule has 0 amide bonds. The van der Waals surface area contributed by atoms with E-state index < -0.39 is 0 Å². The first kappa shape index (κ1) is 9.77. The number of nitrogens with zero attached hydrogens (tertiary/aromatic N) is 4. The Kier molecular flexibility index (Phi) is 2.04. The van der Waals surface area contributed by atoms with E-state index in [1.165, 1.54) is 4.68 Å². The fraction of sp³-hybridized carbons (Fsp3) is 0.0833. The minimum absolute atomic E-state index is 0.150. The summed E-state index contributed by atoms with van der Waals surface area (Å²) in [5, 5.41) is 9.21. The Balaban J connectivity index is 2.09. The number of carbonyl (C=O) groups excluding carboxylic acids is 1. The van der Waals surface area contributed by atoms with E-state index in [-0.39, 0.29) is 5.91 Å². The third kappa shape index (κ3) is 1.61.